The fraction of sp³-hybridized carbons (Fsp3) is 0.250. The highest BCUT2D eigenvalue weighted by atomic mass is 35.5. The normalized spacial score (nSPS) is 12.2. The van der Waals surface area contributed by atoms with Gasteiger partial charge in [0.05, 0.1) is 27.4 Å². The molecule has 0 radical (unpaired) electrons. The van der Waals surface area contributed by atoms with Crippen LogP contribution in [0.25, 0.3) is 16.7 Å². The molecule has 0 aliphatic carbocycles. The van der Waals surface area contributed by atoms with Gasteiger partial charge >= 0.3 is 0 Å². The second kappa shape index (κ2) is 8.62. The molecule has 2 aromatic carbocycles. The quantitative estimate of drug-likeness (QED) is 0.377. The van der Waals surface area contributed by atoms with E-state index in [0.29, 0.717) is 28.0 Å². The number of thioether (sulfide) groups is 1. The third kappa shape index (κ3) is 4.20. The minimum absolute atomic E-state index is 0.227. The lowest BCUT2D eigenvalue weighted by Gasteiger charge is -2.11. The van der Waals surface area contributed by atoms with E-state index >= 15 is 0 Å². The van der Waals surface area contributed by atoms with E-state index in [1.807, 2.05) is 41.8 Å². The third-order valence-corrected chi connectivity index (χ3v) is 7.81. The monoisotopic (exact) mass is 476 g/mol. The van der Waals surface area contributed by atoms with Crippen molar-refractivity contribution in [1.82, 2.24) is 28.6 Å². The number of imidazole rings is 1. The molecule has 31 heavy (non-hydrogen) atoms. The number of aromatic nitrogens is 5. The summed E-state index contributed by atoms with van der Waals surface area (Å²) in [6.07, 6.45) is 1.65. The van der Waals surface area contributed by atoms with Gasteiger partial charge in [0.15, 0.2) is 5.16 Å². The Morgan fingerprint density at radius 1 is 1.16 bits per heavy atom. The summed E-state index contributed by atoms with van der Waals surface area (Å²) in [5.74, 6) is 1.39. The molecule has 0 spiro atoms. The van der Waals surface area contributed by atoms with Crippen LogP contribution in [0.2, 0.25) is 5.02 Å². The molecule has 4 rings (SSSR count). The van der Waals surface area contributed by atoms with Gasteiger partial charge in [-0.1, -0.05) is 29.4 Å². The second-order valence-electron chi connectivity index (χ2n) is 6.96. The van der Waals surface area contributed by atoms with Gasteiger partial charge in [0, 0.05) is 25.7 Å². The Morgan fingerprint density at radius 3 is 2.68 bits per heavy atom. The Labute approximate surface area is 189 Å². The molecule has 0 bridgehead atoms. The van der Waals surface area contributed by atoms with Crippen molar-refractivity contribution in [3.8, 4) is 5.69 Å². The van der Waals surface area contributed by atoms with E-state index in [1.165, 1.54) is 30.2 Å². The molecule has 8 nitrogen and oxygen atoms in total. The van der Waals surface area contributed by atoms with Gasteiger partial charge in [0.2, 0.25) is 10.0 Å². The average molecular weight is 477 g/mol. The number of nitrogens with zero attached hydrogens (tertiary/aromatic N) is 6. The Kier molecular flexibility index (Phi) is 6.07. The zero-order valence-corrected chi connectivity index (χ0v) is 19.6. The van der Waals surface area contributed by atoms with E-state index in [1.54, 1.807) is 18.5 Å². The van der Waals surface area contributed by atoms with Gasteiger partial charge in [-0.05, 0) is 43.3 Å². The molecular formula is C20H21ClN6O2S2. The fourth-order valence-electron chi connectivity index (χ4n) is 3.25. The van der Waals surface area contributed by atoms with E-state index in [4.69, 9.17) is 16.6 Å². The van der Waals surface area contributed by atoms with Crippen LogP contribution >= 0.6 is 23.4 Å². The number of benzene rings is 2. The Bertz CT molecular complexity index is 1350. The Hall–Kier alpha value is -2.40. The number of sulfonamides is 1. The first kappa shape index (κ1) is 21.8. The first-order valence-corrected chi connectivity index (χ1v) is 12.3. The molecule has 0 amide bonds. The van der Waals surface area contributed by atoms with Crippen molar-refractivity contribution in [3.63, 3.8) is 0 Å². The standard InChI is InChI=1S/C20H21ClN6O2S2/c1-4-26-18-9-8-16(31(28,29)25(2)3)11-17(18)23-19(26)12-30-20-24-22-13-27(20)15-7-5-6-14(21)10-15/h5-11,13H,4,12H2,1-3H3. The summed E-state index contributed by atoms with van der Waals surface area (Å²) < 4.78 is 30.1. The summed E-state index contributed by atoms with van der Waals surface area (Å²) in [6.45, 7) is 2.75. The molecule has 4 aromatic rings. The van der Waals surface area contributed by atoms with Crippen molar-refractivity contribution in [3.05, 3.63) is 59.6 Å². The molecule has 0 aliphatic heterocycles. The summed E-state index contributed by atoms with van der Waals surface area (Å²) >= 11 is 7.62. The van der Waals surface area contributed by atoms with Gasteiger partial charge in [-0.25, -0.2) is 17.7 Å². The molecule has 0 atom stereocenters. The predicted octanol–water partition coefficient (Wildman–Crippen LogP) is 3.83. The summed E-state index contributed by atoms with van der Waals surface area (Å²) in [6, 6.07) is 12.5. The topological polar surface area (TPSA) is 85.9 Å². The Morgan fingerprint density at radius 2 is 1.97 bits per heavy atom. The maximum Gasteiger partial charge on any atom is 0.242 e. The predicted molar refractivity (Wildman–Crippen MR) is 122 cm³/mol. The van der Waals surface area contributed by atoms with Gasteiger partial charge < -0.3 is 4.57 Å². The minimum atomic E-state index is -3.52. The molecule has 0 saturated carbocycles. The molecule has 2 heterocycles. The number of aryl methyl sites for hydroxylation is 1. The van der Waals surface area contributed by atoms with E-state index in [-0.39, 0.29) is 4.90 Å². The van der Waals surface area contributed by atoms with Gasteiger partial charge in [-0.3, -0.25) is 4.57 Å². The molecule has 162 valence electrons. The lowest BCUT2D eigenvalue weighted by atomic mass is 10.3. The van der Waals surface area contributed by atoms with Crippen molar-refractivity contribution in [2.24, 2.45) is 0 Å². The first-order chi connectivity index (χ1) is 14.8. The largest absolute Gasteiger partial charge is 0.328 e. The van der Waals surface area contributed by atoms with Crippen molar-refractivity contribution in [2.45, 2.75) is 29.3 Å². The van der Waals surface area contributed by atoms with Crippen LogP contribution in [-0.2, 0) is 22.3 Å². The van der Waals surface area contributed by atoms with Crippen LogP contribution < -0.4 is 0 Å². The van der Waals surface area contributed by atoms with E-state index in [9.17, 15) is 8.42 Å². The van der Waals surface area contributed by atoms with Gasteiger partial charge in [0.25, 0.3) is 0 Å². The van der Waals surface area contributed by atoms with E-state index in [0.717, 1.165) is 17.0 Å². The zero-order chi connectivity index (χ0) is 22.2. The fourth-order valence-corrected chi connectivity index (χ4v) is 5.23. The lowest BCUT2D eigenvalue weighted by molar-refractivity contribution is 0.521. The van der Waals surface area contributed by atoms with Crippen LogP contribution in [0.5, 0.6) is 0 Å². The summed E-state index contributed by atoms with van der Waals surface area (Å²) in [7, 11) is -0.487. The molecule has 0 saturated heterocycles. The molecular weight excluding hydrogens is 456 g/mol. The highest BCUT2D eigenvalue weighted by Gasteiger charge is 2.20. The van der Waals surface area contributed by atoms with Crippen LogP contribution in [0.1, 0.15) is 12.7 Å². The smallest absolute Gasteiger partial charge is 0.242 e. The van der Waals surface area contributed by atoms with Crippen LogP contribution in [0.3, 0.4) is 0 Å². The maximum absolute atomic E-state index is 12.5. The molecule has 0 unspecified atom stereocenters. The molecule has 2 aromatic heterocycles. The van der Waals surface area contributed by atoms with Crippen molar-refractivity contribution < 1.29 is 8.42 Å². The maximum atomic E-state index is 12.5. The highest BCUT2D eigenvalue weighted by Crippen LogP contribution is 2.27. The van der Waals surface area contributed by atoms with Gasteiger partial charge in [0.1, 0.15) is 12.2 Å². The number of fused-ring (bicyclic) bond motifs is 1. The zero-order valence-electron chi connectivity index (χ0n) is 17.2. The first-order valence-electron chi connectivity index (χ1n) is 9.51. The second-order valence-corrected chi connectivity index (χ2v) is 10.5. The van der Waals surface area contributed by atoms with Crippen molar-refractivity contribution in [2.75, 3.05) is 14.1 Å². The number of rotatable bonds is 7. The molecule has 0 aliphatic rings. The van der Waals surface area contributed by atoms with E-state index < -0.39 is 10.0 Å². The van der Waals surface area contributed by atoms with Crippen LogP contribution in [0, 0.1) is 0 Å². The van der Waals surface area contributed by atoms with Crippen molar-refractivity contribution >= 4 is 44.4 Å². The van der Waals surface area contributed by atoms with Crippen LogP contribution in [0.4, 0.5) is 0 Å². The van der Waals surface area contributed by atoms with Crippen molar-refractivity contribution in [1.29, 1.82) is 0 Å². The minimum Gasteiger partial charge on any atom is -0.328 e. The number of hydrogen-bond donors (Lipinski definition) is 0. The number of halogens is 1. The molecule has 0 fully saturated rings. The summed E-state index contributed by atoms with van der Waals surface area (Å²) in [5, 5.41) is 9.61. The van der Waals surface area contributed by atoms with Crippen LogP contribution in [-0.4, -0.2) is 51.1 Å². The summed E-state index contributed by atoms with van der Waals surface area (Å²) in [4.78, 5) is 4.94. The summed E-state index contributed by atoms with van der Waals surface area (Å²) in [5.41, 5.74) is 2.42. The lowest BCUT2D eigenvalue weighted by Crippen LogP contribution is -2.22. The van der Waals surface area contributed by atoms with Gasteiger partial charge in [-0.15, -0.1) is 10.2 Å². The van der Waals surface area contributed by atoms with Crippen LogP contribution in [0.15, 0.2) is 58.8 Å². The highest BCUT2D eigenvalue weighted by molar-refractivity contribution is 7.98. The van der Waals surface area contributed by atoms with E-state index in [2.05, 4.69) is 14.8 Å². The molecule has 11 heteroatoms. The average Bonchev–Trinajstić information content (AvgIpc) is 3.35. The number of hydrogen-bond acceptors (Lipinski definition) is 6. The Balaban J connectivity index is 1.65. The third-order valence-electron chi connectivity index (χ3n) is 4.83. The SMILES string of the molecule is CCn1c(CSc2nncn2-c2cccc(Cl)c2)nc2cc(S(=O)(=O)N(C)C)ccc21. The molecule has 0 N–H and O–H groups in total. The van der Waals surface area contributed by atoms with Gasteiger partial charge in [-0.2, -0.15) is 0 Å².